The highest BCUT2D eigenvalue weighted by Gasteiger charge is 2.20. The molecule has 1 aliphatic rings. The molecule has 0 aliphatic carbocycles. The van der Waals surface area contributed by atoms with Gasteiger partial charge in [0, 0.05) is 71.7 Å². The van der Waals surface area contributed by atoms with Crippen molar-refractivity contribution >= 4 is 11.6 Å². The topological polar surface area (TPSA) is 78.2 Å². The van der Waals surface area contributed by atoms with Crippen molar-refractivity contribution in [3.8, 4) is 0 Å². The molecule has 1 aliphatic heterocycles. The smallest absolute Gasteiger partial charge is 0.194 e. The van der Waals surface area contributed by atoms with Gasteiger partial charge in [-0.15, -0.1) is 0 Å². The van der Waals surface area contributed by atoms with Crippen molar-refractivity contribution in [2.75, 3.05) is 58.8 Å². The molecule has 0 bridgehead atoms. The van der Waals surface area contributed by atoms with E-state index in [9.17, 15) is 0 Å². The van der Waals surface area contributed by atoms with E-state index in [-0.39, 0.29) is 0 Å². The van der Waals surface area contributed by atoms with Crippen LogP contribution < -0.4 is 10.6 Å². The first-order valence-electron chi connectivity index (χ1n) is 9.67. The molecule has 1 aromatic heterocycles. The number of aliphatic imine (C=N–C) groups is 1. The van der Waals surface area contributed by atoms with Gasteiger partial charge in [0.05, 0.1) is 12.3 Å². The van der Waals surface area contributed by atoms with Crippen LogP contribution in [0.5, 0.6) is 0 Å². The minimum atomic E-state index is 0.700. The number of rotatable bonds is 8. The molecule has 28 heavy (non-hydrogen) atoms. The van der Waals surface area contributed by atoms with Crippen molar-refractivity contribution in [3.63, 3.8) is 0 Å². The molecule has 0 unspecified atom stereocenters. The fraction of sp³-hybridized carbons (Fsp3) is 0.500. The van der Waals surface area contributed by atoms with Crippen LogP contribution in [0.1, 0.15) is 11.3 Å². The summed E-state index contributed by atoms with van der Waals surface area (Å²) in [4.78, 5) is 9.15. The molecule has 0 amide bonds. The van der Waals surface area contributed by atoms with Gasteiger partial charge in [-0.05, 0) is 17.7 Å². The van der Waals surface area contributed by atoms with Crippen LogP contribution in [0, 0.1) is 0 Å². The average Bonchev–Trinajstić information content (AvgIpc) is 3.24. The fourth-order valence-corrected chi connectivity index (χ4v) is 3.22. The van der Waals surface area contributed by atoms with E-state index in [4.69, 9.17) is 9.26 Å². The Hall–Kier alpha value is -2.58. The number of hydrogen-bond donors (Lipinski definition) is 2. The summed E-state index contributed by atoms with van der Waals surface area (Å²) in [5.74, 6) is 0.948. The van der Waals surface area contributed by atoms with Gasteiger partial charge in [0.2, 0.25) is 0 Å². The highest BCUT2D eigenvalue weighted by Crippen LogP contribution is 2.10. The summed E-state index contributed by atoms with van der Waals surface area (Å²) in [7, 11) is 3.55. The van der Waals surface area contributed by atoms with E-state index in [2.05, 4.69) is 54.8 Å². The normalized spacial score (nSPS) is 15.6. The monoisotopic (exact) mass is 386 g/mol. The summed E-state index contributed by atoms with van der Waals surface area (Å²) in [5, 5.41) is 10.8. The Labute approximate surface area is 166 Å². The van der Waals surface area contributed by atoms with E-state index in [1.165, 1.54) is 5.56 Å². The molecule has 1 saturated heterocycles. The summed E-state index contributed by atoms with van der Waals surface area (Å²) < 4.78 is 9.97. The predicted octanol–water partition coefficient (Wildman–Crippen LogP) is 1.63. The lowest BCUT2D eigenvalue weighted by Gasteiger charge is -2.36. The Kier molecular flexibility index (Phi) is 7.69. The average molecular weight is 387 g/mol. The van der Waals surface area contributed by atoms with Crippen LogP contribution in [-0.2, 0) is 17.8 Å². The Morgan fingerprint density at radius 2 is 1.96 bits per heavy atom. The maximum Gasteiger partial charge on any atom is 0.194 e. The zero-order valence-electron chi connectivity index (χ0n) is 16.7. The molecule has 152 valence electrons. The highest BCUT2D eigenvalue weighted by atomic mass is 16.5. The third kappa shape index (κ3) is 5.97. The Morgan fingerprint density at radius 1 is 1.18 bits per heavy atom. The number of guanidine groups is 1. The lowest BCUT2D eigenvalue weighted by molar-refractivity contribution is 0.169. The molecule has 0 saturated carbocycles. The lowest BCUT2D eigenvalue weighted by Crippen LogP contribution is -2.52. The van der Waals surface area contributed by atoms with E-state index >= 15 is 0 Å². The number of aromatic nitrogens is 1. The third-order valence-corrected chi connectivity index (χ3v) is 4.80. The number of anilines is 1. The van der Waals surface area contributed by atoms with Gasteiger partial charge in [0.15, 0.2) is 5.96 Å². The van der Waals surface area contributed by atoms with Crippen LogP contribution in [0.25, 0.3) is 0 Å². The summed E-state index contributed by atoms with van der Waals surface area (Å²) >= 11 is 0. The van der Waals surface area contributed by atoms with Gasteiger partial charge < -0.3 is 24.8 Å². The van der Waals surface area contributed by atoms with Crippen LogP contribution >= 0.6 is 0 Å². The van der Waals surface area contributed by atoms with Crippen molar-refractivity contribution < 1.29 is 9.26 Å². The fourth-order valence-electron chi connectivity index (χ4n) is 3.22. The van der Waals surface area contributed by atoms with Crippen LogP contribution in [0.2, 0.25) is 0 Å². The molecule has 2 heterocycles. The molecule has 1 aromatic carbocycles. The third-order valence-electron chi connectivity index (χ3n) is 4.80. The molecule has 2 aromatic rings. The molecule has 8 heteroatoms. The van der Waals surface area contributed by atoms with Crippen molar-refractivity contribution in [1.82, 2.24) is 20.3 Å². The molecular formula is C20H30N6O2. The minimum Gasteiger partial charge on any atom is -0.383 e. The first-order chi connectivity index (χ1) is 13.8. The van der Waals surface area contributed by atoms with Crippen LogP contribution in [0.3, 0.4) is 0 Å². The summed E-state index contributed by atoms with van der Waals surface area (Å²) in [5.41, 5.74) is 3.31. The quantitative estimate of drug-likeness (QED) is 0.406. The van der Waals surface area contributed by atoms with Gasteiger partial charge in [-0.25, -0.2) is 0 Å². The van der Waals surface area contributed by atoms with Gasteiger partial charge in [-0.3, -0.25) is 9.89 Å². The van der Waals surface area contributed by atoms with Crippen LogP contribution in [0.15, 0.2) is 46.1 Å². The number of nitrogens with zero attached hydrogens (tertiary/aromatic N) is 4. The summed E-state index contributed by atoms with van der Waals surface area (Å²) in [6, 6.07) is 10.4. The number of ether oxygens (including phenoxy) is 1. The van der Waals surface area contributed by atoms with Gasteiger partial charge in [-0.2, -0.15) is 0 Å². The molecule has 0 radical (unpaired) electrons. The molecule has 2 N–H and O–H groups in total. The molecule has 8 nitrogen and oxygen atoms in total. The number of benzene rings is 1. The van der Waals surface area contributed by atoms with Crippen LogP contribution in [-0.4, -0.2) is 74.4 Å². The maximum absolute atomic E-state index is 5.05. The van der Waals surface area contributed by atoms with Crippen molar-refractivity contribution in [1.29, 1.82) is 0 Å². The Bertz CT molecular complexity index is 709. The first kappa shape index (κ1) is 20.2. The largest absolute Gasteiger partial charge is 0.383 e. The van der Waals surface area contributed by atoms with Gasteiger partial charge in [-0.1, -0.05) is 17.3 Å². The first-order valence-corrected chi connectivity index (χ1v) is 9.67. The zero-order chi connectivity index (χ0) is 19.6. The summed E-state index contributed by atoms with van der Waals surface area (Å²) in [6.45, 7) is 6.95. The molecule has 0 atom stereocenters. The van der Waals surface area contributed by atoms with E-state index < -0.39 is 0 Å². The predicted molar refractivity (Wildman–Crippen MR) is 110 cm³/mol. The molecule has 0 spiro atoms. The Morgan fingerprint density at radius 3 is 2.61 bits per heavy atom. The van der Waals surface area contributed by atoms with Gasteiger partial charge in [0.25, 0.3) is 0 Å². The zero-order valence-corrected chi connectivity index (χ0v) is 16.7. The summed E-state index contributed by atoms with van der Waals surface area (Å²) in [6.07, 6.45) is 1.62. The van der Waals surface area contributed by atoms with E-state index in [1.807, 2.05) is 13.1 Å². The standard InChI is InChI=1S/C20H30N6O2/c1-21-20(23-15-17-3-5-18(6-4-17)22-8-14-27-2)26-11-9-25(10-12-26)16-19-7-13-28-24-19/h3-7,13,22H,8-12,14-16H2,1-2H3,(H,21,23). The van der Waals surface area contributed by atoms with E-state index in [0.717, 1.165) is 63.2 Å². The second-order valence-corrected chi connectivity index (χ2v) is 6.77. The second kappa shape index (κ2) is 10.7. The van der Waals surface area contributed by atoms with Gasteiger partial charge >= 0.3 is 0 Å². The highest BCUT2D eigenvalue weighted by molar-refractivity contribution is 5.80. The number of hydrogen-bond acceptors (Lipinski definition) is 6. The van der Waals surface area contributed by atoms with Gasteiger partial charge in [0.1, 0.15) is 6.26 Å². The molecule has 1 fully saturated rings. The second-order valence-electron chi connectivity index (χ2n) is 6.77. The van der Waals surface area contributed by atoms with E-state index in [1.54, 1.807) is 13.4 Å². The maximum atomic E-state index is 5.05. The number of nitrogens with one attached hydrogen (secondary N) is 2. The number of methoxy groups -OCH3 is 1. The van der Waals surface area contributed by atoms with Crippen molar-refractivity contribution in [2.24, 2.45) is 4.99 Å². The van der Waals surface area contributed by atoms with Crippen molar-refractivity contribution in [3.05, 3.63) is 47.9 Å². The van der Waals surface area contributed by atoms with Crippen molar-refractivity contribution in [2.45, 2.75) is 13.1 Å². The molecule has 3 rings (SSSR count). The molecular weight excluding hydrogens is 356 g/mol. The lowest BCUT2D eigenvalue weighted by atomic mass is 10.2. The number of piperazine rings is 1. The SMILES string of the molecule is CN=C(NCc1ccc(NCCOC)cc1)N1CCN(Cc2ccon2)CC1. The Balaban J connectivity index is 1.42. The van der Waals surface area contributed by atoms with E-state index in [0.29, 0.717) is 6.61 Å². The van der Waals surface area contributed by atoms with Crippen LogP contribution in [0.4, 0.5) is 5.69 Å². The minimum absolute atomic E-state index is 0.700.